The van der Waals surface area contributed by atoms with E-state index in [-0.39, 0.29) is 5.91 Å². The lowest BCUT2D eigenvalue weighted by Gasteiger charge is -2.17. The number of rotatable bonds is 3. The van der Waals surface area contributed by atoms with Crippen LogP contribution in [0.1, 0.15) is 10.4 Å². The molecule has 144 valence electrons. The first-order chi connectivity index (χ1) is 14.2. The molecule has 0 saturated heterocycles. The minimum Gasteiger partial charge on any atom is -0.486 e. The number of benzene rings is 3. The molecule has 0 saturated carbocycles. The lowest BCUT2D eigenvalue weighted by Crippen LogP contribution is -2.15. The Hall–Kier alpha value is -3.51. The predicted octanol–water partition coefficient (Wildman–Crippen LogP) is 4.91. The van der Waals surface area contributed by atoms with Crippen LogP contribution < -0.4 is 14.8 Å². The number of fused-ring (bicyclic) bond motifs is 2. The lowest BCUT2D eigenvalue weighted by molar-refractivity contribution is 0.102. The zero-order chi connectivity index (χ0) is 19.8. The van der Waals surface area contributed by atoms with Crippen molar-refractivity contribution in [1.82, 2.24) is 9.97 Å². The van der Waals surface area contributed by atoms with Crippen LogP contribution in [0.25, 0.3) is 22.4 Å². The Morgan fingerprint density at radius 3 is 2.55 bits per heavy atom. The summed E-state index contributed by atoms with van der Waals surface area (Å²) in [5.41, 5.74) is 3.72. The molecule has 1 amide bonds. The SMILES string of the molecule is O=C(Nc1cccc(-c2nc3cc4c(cc3[nH]2)OCCO4)c1)c1ccc(Cl)cc1. The van der Waals surface area contributed by atoms with Gasteiger partial charge in [0.25, 0.3) is 5.91 Å². The standard InChI is InChI=1S/C22H16ClN3O3/c23-15-6-4-13(5-7-15)22(27)24-16-3-1-2-14(10-16)21-25-17-11-19-20(12-18(17)26-21)29-9-8-28-19/h1-7,10-12H,8-9H2,(H,24,27)(H,25,26). The van der Waals surface area contributed by atoms with Gasteiger partial charge in [0.2, 0.25) is 0 Å². The van der Waals surface area contributed by atoms with Crippen LogP contribution >= 0.6 is 11.6 Å². The fourth-order valence-electron chi connectivity index (χ4n) is 3.23. The zero-order valence-electron chi connectivity index (χ0n) is 15.2. The molecule has 2 heterocycles. The molecule has 1 aliphatic heterocycles. The van der Waals surface area contributed by atoms with Gasteiger partial charge < -0.3 is 19.8 Å². The molecule has 6 nitrogen and oxygen atoms in total. The van der Waals surface area contributed by atoms with Crippen molar-refractivity contribution in [3.63, 3.8) is 0 Å². The van der Waals surface area contributed by atoms with E-state index < -0.39 is 0 Å². The second-order valence-electron chi connectivity index (χ2n) is 6.64. The number of carbonyl (C=O) groups is 1. The molecule has 3 aromatic carbocycles. The van der Waals surface area contributed by atoms with Crippen molar-refractivity contribution in [2.45, 2.75) is 0 Å². The number of nitrogens with one attached hydrogen (secondary N) is 2. The van der Waals surface area contributed by atoms with Crippen LogP contribution in [0.2, 0.25) is 5.02 Å². The van der Waals surface area contributed by atoms with E-state index in [1.807, 2.05) is 36.4 Å². The van der Waals surface area contributed by atoms with Crippen LogP contribution in [0.3, 0.4) is 0 Å². The summed E-state index contributed by atoms with van der Waals surface area (Å²) in [4.78, 5) is 20.4. The number of anilines is 1. The molecule has 29 heavy (non-hydrogen) atoms. The van der Waals surface area contributed by atoms with Gasteiger partial charge in [-0.1, -0.05) is 23.7 Å². The van der Waals surface area contributed by atoms with Crippen LogP contribution in [-0.2, 0) is 0 Å². The molecule has 0 bridgehead atoms. The molecule has 0 atom stereocenters. The van der Waals surface area contributed by atoms with Crippen molar-refractivity contribution in [3.8, 4) is 22.9 Å². The maximum absolute atomic E-state index is 12.5. The Labute approximate surface area is 171 Å². The summed E-state index contributed by atoms with van der Waals surface area (Å²) >= 11 is 5.88. The van der Waals surface area contributed by atoms with E-state index in [4.69, 9.17) is 21.1 Å². The summed E-state index contributed by atoms with van der Waals surface area (Å²) in [6, 6.07) is 18.0. The third kappa shape index (κ3) is 3.50. The van der Waals surface area contributed by atoms with Gasteiger partial charge in [-0.2, -0.15) is 0 Å². The van der Waals surface area contributed by atoms with Crippen molar-refractivity contribution in [3.05, 3.63) is 71.2 Å². The number of halogens is 1. The van der Waals surface area contributed by atoms with Gasteiger partial charge in [-0.05, 0) is 36.4 Å². The van der Waals surface area contributed by atoms with Crippen molar-refractivity contribution in [2.24, 2.45) is 0 Å². The number of hydrogen-bond donors (Lipinski definition) is 2. The van der Waals surface area contributed by atoms with E-state index in [9.17, 15) is 4.79 Å². The predicted molar refractivity (Wildman–Crippen MR) is 112 cm³/mol. The summed E-state index contributed by atoms with van der Waals surface area (Å²) in [5.74, 6) is 1.91. The minimum atomic E-state index is -0.203. The summed E-state index contributed by atoms with van der Waals surface area (Å²) in [6.07, 6.45) is 0. The van der Waals surface area contributed by atoms with E-state index in [0.717, 1.165) is 16.6 Å². The Kier molecular flexibility index (Phi) is 4.33. The van der Waals surface area contributed by atoms with E-state index in [1.54, 1.807) is 24.3 Å². The first-order valence-corrected chi connectivity index (χ1v) is 9.50. The molecule has 1 aliphatic rings. The van der Waals surface area contributed by atoms with Crippen LogP contribution in [0, 0.1) is 0 Å². The van der Waals surface area contributed by atoms with Crippen LogP contribution in [0.4, 0.5) is 5.69 Å². The second kappa shape index (κ2) is 7.14. The number of carbonyl (C=O) groups excluding carboxylic acids is 1. The number of imidazole rings is 1. The molecule has 0 fully saturated rings. The average molecular weight is 406 g/mol. The highest BCUT2D eigenvalue weighted by Gasteiger charge is 2.15. The molecule has 0 radical (unpaired) electrons. The average Bonchev–Trinajstić information content (AvgIpc) is 3.15. The molecule has 4 aromatic rings. The molecule has 2 N–H and O–H groups in total. The van der Waals surface area contributed by atoms with E-state index in [0.29, 0.717) is 46.8 Å². The fraction of sp³-hybridized carbons (Fsp3) is 0.0909. The van der Waals surface area contributed by atoms with E-state index >= 15 is 0 Å². The number of nitrogens with zero attached hydrogens (tertiary/aromatic N) is 1. The fourth-order valence-corrected chi connectivity index (χ4v) is 3.36. The van der Waals surface area contributed by atoms with Crippen molar-refractivity contribution in [2.75, 3.05) is 18.5 Å². The van der Waals surface area contributed by atoms with Crippen LogP contribution in [0.15, 0.2) is 60.7 Å². The van der Waals surface area contributed by atoms with E-state index in [2.05, 4.69) is 15.3 Å². The maximum Gasteiger partial charge on any atom is 0.255 e. The number of hydrogen-bond acceptors (Lipinski definition) is 4. The van der Waals surface area contributed by atoms with Crippen molar-refractivity contribution < 1.29 is 14.3 Å². The first kappa shape index (κ1) is 17.6. The summed E-state index contributed by atoms with van der Waals surface area (Å²) in [7, 11) is 0. The van der Waals surface area contributed by atoms with Gasteiger partial charge in [0.05, 0.1) is 11.0 Å². The van der Waals surface area contributed by atoms with Gasteiger partial charge in [0.15, 0.2) is 11.5 Å². The zero-order valence-corrected chi connectivity index (χ0v) is 16.0. The maximum atomic E-state index is 12.5. The number of H-pyrrole nitrogens is 1. The summed E-state index contributed by atoms with van der Waals surface area (Å²) in [5, 5.41) is 3.49. The normalized spacial score (nSPS) is 12.7. The molecule has 0 aliphatic carbocycles. The van der Waals surface area contributed by atoms with Gasteiger partial charge in [-0.3, -0.25) is 4.79 Å². The number of amides is 1. The third-order valence-electron chi connectivity index (χ3n) is 4.65. The largest absolute Gasteiger partial charge is 0.486 e. The third-order valence-corrected chi connectivity index (χ3v) is 4.90. The van der Waals surface area contributed by atoms with Gasteiger partial charge in [0, 0.05) is 34.0 Å². The highest BCUT2D eigenvalue weighted by atomic mass is 35.5. The Morgan fingerprint density at radius 1 is 1.00 bits per heavy atom. The van der Waals surface area contributed by atoms with Crippen molar-refractivity contribution >= 4 is 34.2 Å². The number of aromatic nitrogens is 2. The molecule has 0 unspecified atom stereocenters. The van der Waals surface area contributed by atoms with Gasteiger partial charge in [-0.15, -0.1) is 0 Å². The molecule has 1 aromatic heterocycles. The number of aromatic amines is 1. The van der Waals surface area contributed by atoms with Gasteiger partial charge in [-0.25, -0.2) is 4.98 Å². The smallest absolute Gasteiger partial charge is 0.255 e. The van der Waals surface area contributed by atoms with Gasteiger partial charge >= 0.3 is 0 Å². The van der Waals surface area contributed by atoms with Crippen LogP contribution in [0.5, 0.6) is 11.5 Å². The Morgan fingerprint density at radius 2 is 1.76 bits per heavy atom. The lowest BCUT2D eigenvalue weighted by atomic mass is 10.1. The van der Waals surface area contributed by atoms with E-state index in [1.165, 1.54) is 0 Å². The molecular weight excluding hydrogens is 390 g/mol. The molecule has 0 spiro atoms. The summed E-state index contributed by atoms with van der Waals surface area (Å²) in [6.45, 7) is 1.07. The minimum absolute atomic E-state index is 0.203. The highest BCUT2D eigenvalue weighted by molar-refractivity contribution is 6.30. The van der Waals surface area contributed by atoms with Crippen LogP contribution in [-0.4, -0.2) is 29.1 Å². The highest BCUT2D eigenvalue weighted by Crippen LogP contribution is 2.35. The Bertz CT molecular complexity index is 1170. The topological polar surface area (TPSA) is 76.2 Å². The Balaban J connectivity index is 1.43. The monoisotopic (exact) mass is 405 g/mol. The number of ether oxygens (including phenoxy) is 2. The van der Waals surface area contributed by atoms with Gasteiger partial charge in [0.1, 0.15) is 19.0 Å². The quantitative estimate of drug-likeness (QED) is 0.508. The first-order valence-electron chi connectivity index (χ1n) is 9.12. The second-order valence-corrected chi connectivity index (χ2v) is 7.08. The van der Waals surface area contributed by atoms with Crippen molar-refractivity contribution in [1.29, 1.82) is 0 Å². The molecule has 7 heteroatoms. The molecular formula is C22H16ClN3O3. The molecule has 5 rings (SSSR count). The summed E-state index contributed by atoms with van der Waals surface area (Å²) < 4.78 is 11.3.